The average molecular weight is 278 g/mol. The normalized spacial score (nSPS) is 25.1. The van der Waals surface area contributed by atoms with Crippen LogP contribution in [0.4, 0.5) is 0 Å². The number of hydrazone groups is 1. The molecule has 6 heteroatoms. The van der Waals surface area contributed by atoms with Gasteiger partial charge in [0, 0.05) is 42.7 Å². The van der Waals surface area contributed by atoms with Crippen molar-refractivity contribution in [2.45, 2.75) is 19.8 Å². The van der Waals surface area contributed by atoms with Crippen molar-refractivity contribution < 1.29 is 14.3 Å². The van der Waals surface area contributed by atoms with Crippen LogP contribution in [-0.2, 0) is 14.3 Å². The topological polar surface area (TPSA) is 67.8 Å². The van der Waals surface area contributed by atoms with Crippen LogP contribution >= 0.6 is 11.8 Å². The maximum Gasteiger partial charge on any atom is 0.310 e. The van der Waals surface area contributed by atoms with E-state index in [0.717, 1.165) is 28.5 Å². The second-order valence-electron chi connectivity index (χ2n) is 4.65. The zero-order valence-electron chi connectivity index (χ0n) is 10.6. The van der Waals surface area contributed by atoms with Gasteiger partial charge in [-0.3, -0.25) is 9.59 Å². The Morgan fingerprint density at radius 1 is 1.63 bits per heavy atom. The van der Waals surface area contributed by atoms with E-state index < -0.39 is 0 Å². The summed E-state index contributed by atoms with van der Waals surface area (Å²) in [7, 11) is 0. The largest absolute Gasteiger partial charge is 0.431 e. The molecule has 5 nitrogen and oxygen atoms in total. The maximum atomic E-state index is 12.1. The molecule has 0 bridgehead atoms. The van der Waals surface area contributed by atoms with E-state index in [9.17, 15) is 9.59 Å². The van der Waals surface area contributed by atoms with Gasteiger partial charge >= 0.3 is 5.97 Å². The van der Waals surface area contributed by atoms with Crippen molar-refractivity contribution in [3.63, 3.8) is 0 Å². The molecular formula is C13H14N2O3S. The lowest BCUT2D eigenvalue weighted by molar-refractivity contribution is -0.139. The summed E-state index contributed by atoms with van der Waals surface area (Å²) < 4.78 is 5.19. The number of nitrogens with zero attached hydrogens (tertiary/aromatic N) is 1. The van der Waals surface area contributed by atoms with E-state index in [1.807, 2.05) is 0 Å². The number of hydrogen-bond acceptors (Lipinski definition) is 6. The standard InChI is InChI=1S/C13H14N2O3S/c1-2-11(17)18-8-3-9-12-7(5-14-15-12)6-19-13(9)10(16)4-8/h4,7,14H,2-3,5-6H2,1H3. The minimum absolute atomic E-state index is 0.0711. The summed E-state index contributed by atoms with van der Waals surface area (Å²) in [6.07, 6.45) is 2.22. The smallest absolute Gasteiger partial charge is 0.310 e. The van der Waals surface area contributed by atoms with Crippen molar-refractivity contribution in [1.29, 1.82) is 0 Å². The van der Waals surface area contributed by atoms with E-state index in [-0.39, 0.29) is 11.8 Å². The number of nitrogens with one attached hydrogen (secondary N) is 1. The lowest BCUT2D eigenvalue weighted by atomic mass is 9.91. The van der Waals surface area contributed by atoms with Gasteiger partial charge in [0.1, 0.15) is 5.76 Å². The molecule has 2 heterocycles. The van der Waals surface area contributed by atoms with Gasteiger partial charge in [0.25, 0.3) is 0 Å². The SMILES string of the molecule is CCC(=O)OC1=CC(=O)C2=C(C1)C1=NNCC1CS2. The van der Waals surface area contributed by atoms with Crippen molar-refractivity contribution >= 4 is 29.2 Å². The van der Waals surface area contributed by atoms with Crippen molar-refractivity contribution in [2.75, 3.05) is 12.3 Å². The number of fused-ring (bicyclic) bond motifs is 2. The Morgan fingerprint density at radius 2 is 2.47 bits per heavy atom. The first-order chi connectivity index (χ1) is 9.19. The van der Waals surface area contributed by atoms with Crippen LogP contribution in [0.15, 0.2) is 27.4 Å². The summed E-state index contributed by atoms with van der Waals surface area (Å²) in [6, 6.07) is 0. The monoisotopic (exact) mass is 278 g/mol. The number of ether oxygens (including phenoxy) is 1. The predicted molar refractivity (Wildman–Crippen MR) is 72.5 cm³/mol. The minimum Gasteiger partial charge on any atom is -0.431 e. The van der Waals surface area contributed by atoms with Crippen LogP contribution in [0.1, 0.15) is 19.8 Å². The Bertz CT molecular complexity index is 548. The number of rotatable bonds is 2. The minimum atomic E-state index is -0.311. The Kier molecular flexibility index (Phi) is 3.18. The molecule has 0 amide bonds. The van der Waals surface area contributed by atoms with E-state index >= 15 is 0 Å². The Labute approximate surface area is 115 Å². The van der Waals surface area contributed by atoms with Crippen molar-refractivity contribution in [3.05, 3.63) is 22.3 Å². The second-order valence-corrected chi connectivity index (χ2v) is 5.68. The molecule has 0 fully saturated rings. The highest BCUT2D eigenvalue weighted by atomic mass is 32.2. The quantitative estimate of drug-likeness (QED) is 0.773. The molecule has 1 atom stereocenters. The van der Waals surface area contributed by atoms with E-state index in [0.29, 0.717) is 24.5 Å². The lowest BCUT2D eigenvalue weighted by Crippen LogP contribution is -2.28. The van der Waals surface area contributed by atoms with Gasteiger partial charge in [0.05, 0.1) is 10.6 Å². The van der Waals surface area contributed by atoms with Crippen LogP contribution in [0, 0.1) is 5.92 Å². The number of allylic oxidation sites excluding steroid dienone is 3. The molecule has 0 aromatic rings. The van der Waals surface area contributed by atoms with Crippen molar-refractivity contribution in [3.8, 4) is 0 Å². The fourth-order valence-corrected chi connectivity index (χ4v) is 3.58. The molecule has 3 rings (SSSR count). The summed E-state index contributed by atoms with van der Waals surface area (Å²) in [6.45, 7) is 2.55. The Hall–Kier alpha value is -1.56. The summed E-state index contributed by atoms with van der Waals surface area (Å²) in [4.78, 5) is 24.2. The van der Waals surface area contributed by atoms with E-state index in [4.69, 9.17) is 4.74 Å². The molecular weight excluding hydrogens is 264 g/mol. The lowest BCUT2D eigenvalue weighted by Gasteiger charge is -2.26. The van der Waals surface area contributed by atoms with Crippen LogP contribution in [0.5, 0.6) is 0 Å². The molecule has 1 unspecified atom stereocenters. The number of carbonyl (C=O) groups is 2. The number of thioether (sulfide) groups is 1. The van der Waals surface area contributed by atoms with Gasteiger partial charge < -0.3 is 10.2 Å². The second kappa shape index (κ2) is 4.85. The average Bonchev–Trinajstić information content (AvgIpc) is 2.87. The Morgan fingerprint density at radius 3 is 3.26 bits per heavy atom. The van der Waals surface area contributed by atoms with Crippen LogP contribution in [0.2, 0.25) is 0 Å². The number of ketones is 1. The fraction of sp³-hybridized carbons (Fsp3) is 0.462. The van der Waals surface area contributed by atoms with E-state index in [1.165, 1.54) is 6.08 Å². The first-order valence-electron chi connectivity index (χ1n) is 6.31. The highest BCUT2D eigenvalue weighted by molar-refractivity contribution is 8.04. The number of hydrogen-bond donors (Lipinski definition) is 1. The van der Waals surface area contributed by atoms with Gasteiger partial charge in [0.15, 0.2) is 5.78 Å². The molecule has 0 saturated carbocycles. The Balaban J connectivity index is 1.87. The first-order valence-corrected chi connectivity index (χ1v) is 7.30. The summed E-state index contributed by atoms with van der Waals surface area (Å²) in [5.41, 5.74) is 4.87. The molecule has 2 aliphatic heterocycles. The molecule has 100 valence electrons. The van der Waals surface area contributed by atoms with Gasteiger partial charge in [-0.15, -0.1) is 11.8 Å². The molecule has 0 aromatic heterocycles. The summed E-state index contributed by atoms with van der Waals surface area (Å²) in [5.74, 6) is 1.30. The number of carbonyl (C=O) groups excluding carboxylic acids is 2. The van der Waals surface area contributed by atoms with Gasteiger partial charge in [-0.25, -0.2) is 0 Å². The third-order valence-electron chi connectivity index (χ3n) is 3.34. The number of esters is 1. The molecule has 1 N–H and O–H groups in total. The molecule has 0 spiro atoms. The summed E-state index contributed by atoms with van der Waals surface area (Å²) >= 11 is 1.58. The first kappa shape index (κ1) is 12.5. The van der Waals surface area contributed by atoms with Gasteiger partial charge in [0.2, 0.25) is 0 Å². The highest BCUT2D eigenvalue weighted by Crippen LogP contribution is 2.39. The molecule has 1 aliphatic carbocycles. The van der Waals surface area contributed by atoms with Gasteiger partial charge in [-0.05, 0) is 0 Å². The third kappa shape index (κ3) is 2.20. The zero-order chi connectivity index (χ0) is 13.4. The van der Waals surface area contributed by atoms with Crippen LogP contribution in [0.3, 0.4) is 0 Å². The highest BCUT2D eigenvalue weighted by Gasteiger charge is 2.36. The maximum absolute atomic E-state index is 12.1. The van der Waals surface area contributed by atoms with E-state index in [2.05, 4.69) is 10.5 Å². The fourth-order valence-electron chi connectivity index (χ4n) is 2.38. The zero-order valence-corrected chi connectivity index (χ0v) is 11.4. The molecule has 19 heavy (non-hydrogen) atoms. The van der Waals surface area contributed by atoms with Crippen molar-refractivity contribution in [2.24, 2.45) is 11.0 Å². The van der Waals surface area contributed by atoms with E-state index in [1.54, 1.807) is 18.7 Å². The van der Waals surface area contributed by atoms with Crippen LogP contribution < -0.4 is 5.43 Å². The molecule has 0 aromatic carbocycles. The predicted octanol–water partition coefficient (Wildman–Crippen LogP) is 1.37. The van der Waals surface area contributed by atoms with Crippen molar-refractivity contribution in [1.82, 2.24) is 5.43 Å². The van der Waals surface area contributed by atoms with Crippen LogP contribution in [-0.4, -0.2) is 29.8 Å². The molecule has 3 aliphatic rings. The molecule has 0 radical (unpaired) electrons. The van der Waals surface area contributed by atoms with Crippen LogP contribution in [0.25, 0.3) is 0 Å². The molecule has 0 saturated heterocycles. The third-order valence-corrected chi connectivity index (χ3v) is 4.64. The van der Waals surface area contributed by atoms with Gasteiger partial charge in [-0.1, -0.05) is 6.92 Å². The van der Waals surface area contributed by atoms with Gasteiger partial charge in [-0.2, -0.15) is 5.10 Å². The summed E-state index contributed by atoms with van der Waals surface area (Å²) in [5, 5.41) is 4.29.